The molecule has 0 bridgehead atoms. The maximum Gasteiger partial charge on any atom is 0.131 e. The molecule has 0 saturated heterocycles. The lowest BCUT2D eigenvalue weighted by Gasteiger charge is -2.08. The smallest absolute Gasteiger partial charge is 0.131 e. The Morgan fingerprint density at radius 1 is 1.00 bits per heavy atom. The molecule has 0 fully saturated rings. The molecule has 3 heteroatoms. The van der Waals surface area contributed by atoms with Gasteiger partial charge in [-0.3, -0.25) is 0 Å². The lowest BCUT2D eigenvalue weighted by molar-refractivity contribution is 0.603. The van der Waals surface area contributed by atoms with E-state index in [1.807, 2.05) is 19.1 Å². The summed E-state index contributed by atoms with van der Waals surface area (Å²) in [6.07, 6.45) is 0. The third-order valence-corrected chi connectivity index (χ3v) is 2.68. The number of hydrogen-bond donors (Lipinski definition) is 1. The molecule has 0 radical (unpaired) electrons. The molecular formula is C14H13F2N. The van der Waals surface area contributed by atoms with Crippen LogP contribution in [0.5, 0.6) is 0 Å². The van der Waals surface area contributed by atoms with Gasteiger partial charge in [0.05, 0.1) is 0 Å². The minimum Gasteiger partial charge on any atom is -0.324 e. The average Bonchev–Trinajstić information content (AvgIpc) is 2.32. The molecule has 1 atom stereocenters. The van der Waals surface area contributed by atoms with Crippen LogP contribution in [0.1, 0.15) is 18.5 Å². The Morgan fingerprint density at radius 3 is 2.24 bits per heavy atom. The van der Waals surface area contributed by atoms with Gasteiger partial charge in [0.1, 0.15) is 11.6 Å². The molecule has 0 aliphatic rings. The van der Waals surface area contributed by atoms with Crippen LogP contribution in [-0.2, 0) is 0 Å². The van der Waals surface area contributed by atoms with Gasteiger partial charge < -0.3 is 5.73 Å². The van der Waals surface area contributed by atoms with E-state index in [9.17, 15) is 8.78 Å². The van der Waals surface area contributed by atoms with Crippen LogP contribution in [0.25, 0.3) is 11.1 Å². The third-order valence-electron chi connectivity index (χ3n) is 2.68. The van der Waals surface area contributed by atoms with Crippen molar-refractivity contribution in [3.05, 3.63) is 59.7 Å². The molecule has 2 aromatic rings. The first-order valence-electron chi connectivity index (χ1n) is 5.39. The zero-order chi connectivity index (χ0) is 12.4. The highest BCUT2D eigenvalue weighted by Crippen LogP contribution is 2.24. The molecule has 0 aliphatic carbocycles. The van der Waals surface area contributed by atoms with Crippen LogP contribution < -0.4 is 5.73 Å². The molecule has 0 heterocycles. The van der Waals surface area contributed by atoms with E-state index < -0.39 is 11.6 Å². The molecule has 0 saturated carbocycles. The second-order valence-corrected chi connectivity index (χ2v) is 4.03. The zero-order valence-corrected chi connectivity index (χ0v) is 9.45. The van der Waals surface area contributed by atoms with Crippen molar-refractivity contribution < 1.29 is 8.78 Å². The number of halogens is 2. The average molecular weight is 233 g/mol. The molecule has 1 nitrogen and oxygen atoms in total. The summed E-state index contributed by atoms with van der Waals surface area (Å²) >= 11 is 0. The molecular weight excluding hydrogens is 220 g/mol. The summed E-state index contributed by atoms with van der Waals surface area (Å²) in [6.45, 7) is 1.87. The number of nitrogens with two attached hydrogens (primary N) is 1. The largest absolute Gasteiger partial charge is 0.324 e. The summed E-state index contributed by atoms with van der Waals surface area (Å²) in [5.41, 5.74) is 7.60. The van der Waals surface area contributed by atoms with Gasteiger partial charge in [0.2, 0.25) is 0 Å². The van der Waals surface area contributed by atoms with Crippen molar-refractivity contribution in [3.8, 4) is 11.1 Å². The van der Waals surface area contributed by atoms with E-state index in [0.29, 0.717) is 5.56 Å². The molecule has 88 valence electrons. The Morgan fingerprint density at radius 2 is 1.65 bits per heavy atom. The van der Waals surface area contributed by atoms with Crippen molar-refractivity contribution >= 4 is 0 Å². The summed E-state index contributed by atoms with van der Waals surface area (Å²) in [4.78, 5) is 0. The second-order valence-electron chi connectivity index (χ2n) is 4.03. The molecule has 17 heavy (non-hydrogen) atoms. The summed E-state index contributed by atoms with van der Waals surface area (Å²) in [5.74, 6) is -0.877. The summed E-state index contributed by atoms with van der Waals surface area (Å²) in [5, 5.41) is 0. The van der Waals surface area contributed by atoms with E-state index >= 15 is 0 Å². The van der Waals surface area contributed by atoms with Crippen LogP contribution in [0, 0.1) is 11.6 Å². The molecule has 0 amide bonds. The number of rotatable bonds is 2. The molecule has 0 aromatic heterocycles. The maximum atomic E-state index is 13.5. The van der Waals surface area contributed by atoms with Gasteiger partial charge in [-0.25, -0.2) is 8.78 Å². The van der Waals surface area contributed by atoms with Crippen LogP contribution in [-0.4, -0.2) is 0 Å². The summed E-state index contributed by atoms with van der Waals surface area (Å²) in [7, 11) is 0. The van der Waals surface area contributed by atoms with Crippen molar-refractivity contribution in [2.24, 2.45) is 5.73 Å². The van der Waals surface area contributed by atoms with Gasteiger partial charge in [-0.15, -0.1) is 0 Å². The predicted molar refractivity (Wildman–Crippen MR) is 64.4 cm³/mol. The maximum absolute atomic E-state index is 13.5. The first kappa shape index (κ1) is 11.7. The SMILES string of the molecule is CC(N)c1ccc(-c2cc(F)ccc2F)cc1. The highest BCUT2D eigenvalue weighted by molar-refractivity contribution is 5.64. The van der Waals surface area contributed by atoms with E-state index in [1.165, 1.54) is 6.07 Å². The standard InChI is InChI=1S/C14H13F2N/c1-9(17)10-2-4-11(5-3-10)13-8-12(15)6-7-14(13)16/h2-9H,17H2,1H3. The number of hydrogen-bond acceptors (Lipinski definition) is 1. The molecule has 2 rings (SSSR count). The zero-order valence-electron chi connectivity index (χ0n) is 9.45. The van der Waals surface area contributed by atoms with E-state index in [-0.39, 0.29) is 11.6 Å². The van der Waals surface area contributed by atoms with E-state index in [1.54, 1.807) is 12.1 Å². The Hall–Kier alpha value is -1.74. The summed E-state index contributed by atoms with van der Waals surface area (Å²) < 4.78 is 26.6. The Labute approximate surface area is 98.9 Å². The second kappa shape index (κ2) is 4.63. The Bertz CT molecular complexity index is 518. The van der Waals surface area contributed by atoms with Crippen LogP contribution in [0.2, 0.25) is 0 Å². The fraction of sp³-hybridized carbons (Fsp3) is 0.143. The van der Waals surface area contributed by atoms with E-state index in [0.717, 1.165) is 17.7 Å². The molecule has 1 unspecified atom stereocenters. The van der Waals surface area contributed by atoms with Crippen LogP contribution in [0.4, 0.5) is 8.78 Å². The van der Waals surface area contributed by atoms with Gasteiger partial charge in [0.25, 0.3) is 0 Å². The van der Waals surface area contributed by atoms with Crippen molar-refractivity contribution in [2.45, 2.75) is 13.0 Å². The minimum atomic E-state index is -0.447. The molecule has 2 aromatic carbocycles. The van der Waals surface area contributed by atoms with Gasteiger partial charge in [-0.1, -0.05) is 24.3 Å². The first-order chi connectivity index (χ1) is 8.08. The van der Waals surface area contributed by atoms with Crippen molar-refractivity contribution in [1.82, 2.24) is 0 Å². The molecule has 0 spiro atoms. The van der Waals surface area contributed by atoms with Crippen molar-refractivity contribution in [2.75, 3.05) is 0 Å². The van der Waals surface area contributed by atoms with Gasteiger partial charge in [0, 0.05) is 11.6 Å². The third kappa shape index (κ3) is 2.50. The highest BCUT2D eigenvalue weighted by Gasteiger charge is 2.07. The molecule has 0 aliphatic heterocycles. The highest BCUT2D eigenvalue weighted by atomic mass is 19.1. The van der Waals surface area contributed by atoms with Gasteiger partial charge in [0.15, 0.2) is 0 Å². The predicted octanol–water partition coefficient (Wildman–Crippen LogP) is 3.65. The van der Waals surface area contributed by atoms with Crippen molar-refractivity contribution in [1.29, 1.82) is 0 Å². The first-order valence-corrected chi connectivity index (χ1v) is 5.39. The van der Waals surface area contributed by atoms with Crippen LogP contribution >= 0.6 is 0 Å². The molecule has 2 N–H and O–H groups in total. The van der Waals surface area contributed by atoms with Crippen LogP contribution in [0.15, 0.2) is 42.5 Å². The Kier molecular flexibility index (Phi) is 3.20. The van der Waals surface area contributed by atoms with Crippen molar-refractivity contribution in [3.63, 3.8) is 0 Å². The lowest BCUT2D eigenvalue weighted by atomic mass is 10.0. The van der Waals surface area contributed by atoms with Gasteiger partial charge in [-0.05, 0) is 36.2 Å². The fourth-order valence-corrected chi connectivity index (χ4v) is 1.68. The summed E-state index contributed by atoms with van der Waals surface area (Å²) in [6, 6.07) is 10.5. The Balaban J connectivity index is 2.43. The monoisotopic (exact) mass is 233 g/mol. The van der Waals surface area contributed by atoms with E-state index in [4.69, 9.17) is 5.73 Å². The quantitative estimate of drug-likeness (QED) is 0.841. The normalized spacial score (nSPS) is 12.5. The number of benzene rings is 2. The van der Waals surface area contributed by atoms with Gasteiger partial charge >= 0.3 is 0 Å². The van der Waals surface area contributed by atoms with Crippen LogP contribution in [0.3, 0.4) is 0 Å². The topological polar surface area (TPSA) is 26.0 Å². The minimum absolute atomic E-state index is 0.0681. The lowest BCUT2D eigenvalue weighted by Crippen LogP contribution is -2.04. The van der Waals surface area contributed by atoms with E-state index in [2.05, 4.69) is 0 Å². The fourth-order valence-electron chi connectivity index (χ4n) is 1.68. The van der Waals surface area contributed by atoms with Gasteiger partial charge in [-0.2, -0.15) is 0 Å².